The number of rotatable bonds is 7. The van der Waals surface area contributed by atoms with E-state index in [4.69, 9.17) is 6.42 Å². The molecule has 1 aromatic carbocycles. The van der Waals surface area contributed by atoms with E-state index >= 15 is 0 Å². The normalized spacial score (nSPS) is 19.2. The largest absolute Gasteiger partial charge is 0.326 e. The van der Waals surface area contributed by atoms with E-state index in [-0.39, 0.29) is 18.1 Å². The third kappa shape index (κ3) is 4.05. The number of nitrogens with one attached hydrogen (secondary N) is 1. The van der Waals surface area contributed by atoms with E-state index in [9.17, 15) is 13.2 Å². The standard InChI is InChI=1S/C18H22N4O3S/c1-3-4-9-18(20-21-18)10-8-17(23)19-15-7-6-14(2)16(13-15)22-11-5-12-26(22,24)25/h1,6-7,13H,4-5,8-12H2,2H3,(H,19,23). The van der Waals surface area contributed by atoms with Gasteiger partial charge in [0.05, 0.1) is 11.4 Å². The van der Waals surface area contributed by atoms with Crippen LogP contribution >= 0.6 is 0 Å². The van der Waals surface area contributed by atoms with Crippen LogP contribution in [0.4, 0.5) is 11.4 Å². The lowest BCUT2D eigenvalue weighted by molar-refractivity contribution is -0.116. The van der Waals surface area contributed by atoms with Gasteiger partial charge in [0.15, 0.2) is 5.66 Å². The maximum atomic E-state index is 12.2. The van der Waals surface area contributed by atoms with Crippen molar-refractivity contribution in [2.75, 3.05) is 21.9 Å². The molecule has 2 aliphatic rings. The first-order chi connectivity index (χ1) is 12.4. The summed E-state index contributed by atoms with van der Waals surface area (Å²) in [5, 5.41) is 10.9. The molecule has 2 aliphatic heterocycles. The first kappa shape index (κ1) is 18.4. The maximum Gasteiger partial charge on any atom is 0.235 e. The molecule has 0 aliphatic carbocycles. The molecule has 2 heterocycles. The van der Waals surface area contributed by atoms with Crippen LogP contribution in [0.5, 0.6) is 0 Å². The number of hydrogen-bond acceptors (Lipinski definition) is 5. The molecule has 1 N–H and O–H groups in total. The van der Waals surface area contributed by atoms with Crippen molar-refractivity contribution in [1.29, 1.82) is 0 Å². The third-order valence-corrected chi connectivity index (χ3v) is 6.52. The Bertz CT molecular complexity index is 880. The Hall–Kier alpha value is -2.40. The lowest BCUT2D eigenvalue weighted by Gasteiger charge is -2.20. The van der Waals surface area contributed by atoms with Crippen molar-refractivity contribution in [1.82, 2.24) is 0 Å². The Morgan fingerprint density at radius 2 is 2.15 bits per heavy atom. The van der Waals surface area contributed by atoms with E-state index in [1.165, 1.54) is 4.31 Å². The molecule has 0 aromatic heterocycles. The van der Waals surface area contributed by atoms with Gasteiger partial charge in [0.2, 0.25) is 15.9 Å². The highest BCUT2D eigenvalue weighted by atomic mass is 32.2. The summed E-state index contributed by atoms with van der Waals surface area (Å²) in [6, 6.07) is 5.31. The van der Waals surface area contributed by atoms with Crippen molar-refractivity contribution in [2.24, 2.45) is 10.2 Å². The quantitative estimate of drug-likeness (QED) is 0.744. The molecule has 138 valence electrons. The van der Waals surface area contributed by atoms with Crippen LogP contribution in [0.15, 0.2) is 28.4 Å². The fraction of sp³-hybridized carbons (Fsp3) is 0.500. The van der Waals surface area contributed by atoms with E-state index in [0.29, 0.717) is 43.6 Å². The molecule has 1 saturated heterocycles. The summed E-state index contributed by atoms with van der Waals surface area (Å²) in [6.07, 6.45) is 7.93. The topological polar surface area (TPSA) is 91.2 Å². The number of carbonyl (C=O) groups is 1. The molecule has 3 rings (SSSR count). The van der Waals surface area contributed by atoms with Crippen molar-refractivity contribution < 1.29 is 13.2 Å². The van der Waals surface area contributed by atoms with Crippen LogP contribution in [-0.4, -0.2) is 32.3 Å². The van der Waals surface area contributed by atoms with Crippen molar-refractivity contribution >= 4 is 27.3 Å². The van der Waals surface area contributed by atoms with Crippen LogP contribution < -0.4 is 9.62 Å². The van der Waals surface area contributed by atoms with E-state index in [0.717, 1.165) is 5.56 Å². The smallest absolute Gasteiger partial charge is 0.235 e. The average molecular weight is 374 g/mol. The van der Waals surface area contributed by atoms with Gasteiger partial charge in [0.25, 0.3) is 0 Å². The molecule has 1 aromatic rings. The van der Waals surface area contributed by atoms with E-state index in [2.05, 4.69) is 21.5 Å². The van der Waals surface area contributed by atoms with Gasteiger partial charge in [-0.15, -0.1) is 12.3 Å². The Labute approximate surface area is 153 Å². The molecule has 1 fully saturated rings. The van der Waals surface area contributed by atoms with E-state index in [1.54, 1.807) is 12.1 Å². The van der Waals surface area contributed by atoms with Crippen LogP contribution in [0.3, 0.4) is 0 Å². The number of aryl methyl sites for hydroxylation is 1. The second-order valence-electron chi connectivity index (χ2n) is 6.68. The van der Waals surface area contributed by atoms with Crippen molar-refractivity contribution in [3.05, 3.63) is 23.8 Å². The number of amides is 1. The highest BCUT2D eigenvalue weighted by molar-refractivity contribution is 7.93. The minimum absolute atomic E-state index is 0.151. The number of nitrogens with zero attached hydrogens (tertiary/aromatic N) is 3. The summed E-state index contributed by atoms with van der Waals surface area (Å²) in [6.45, 7) is 2.33. The first-order valence-electron chi connectivity index (χ1n) is 8.64. The number of hydrogen-bond donors (Lipinski definition) is 1. The predicted molar refractivity (Wildman–Crippen MR) is 100 cm³/mol. The van der Waals surface area contributed by atoms with Crippen LogP contribution in [0.25, 0.3) is 0 Å². The molecule has 0 unspecified atom stereocenters. The molecular weight excluding hydrogens is 352 g/mol. The molecule has 0 saturated carbocycles. The minimum Gasteiger partial charge on any atom is -0.326 e. The van der Waals surface area contributed by atoms with E-state index in [1.807, 2.05) is 13.0 Å². The predicted octanol–water partition coefficient (Wildman–Crippen LogP) is 2.83. The zero-order valence-electron chi connectivity index (χ0n) is 14.7. The molecule has 8 heteroatoms. The number of sulfonamides is 1. The Morgan fingerprint density at radius 3 is 2.77 bits per heavy atom. The number of terminal acetylenes is 1. The average Bonchev–Trinajstić information content (AvgIpc) is 3.29. The van der Waals surface area contributed by atoms with Crippen LogP contribution in [-0.2, 0) is 14.8 Å². The van der Waals surface area contributed by atoms with Gasteiger partial charge in [0.1, 0.15) is 0 Å². The summed E-state index contributed by atoms with van der Waals surface area (Å²) in [5.74, 6) is 2.57. The fourth-order valence-corrected chi connectivity index (χ4v) is 4.69. The summed E-state index contributed by atoms with van der Waals surface area (Å²) in [7, 11) is -3.26. The van der Waals surface area contributed by atoms with Crippen molar-refractivity contribution in [3.8, 4) is 12.3 Å². The van der Waals surface area contributed by atoms with Crippen molar-refractivity contribution in [2.45, 2.75) is 44.7 Å². The van der Waals surface area contributed by atoms with Gasteiger partial charge in [-0.2, -0.15) is 10.2 Å². The zero-order valence-corrected chi connectivity index (χ0v) is 15.6. The van der Waals surface area contributed by atoms with Gasteiger partial charge in [0, 0.05) is 37.9 Å². The SMILES string of the molecule is C#CCCC1(CCC(=O)Nc2ccc(C)c(N3CCCS3(=O)=O)c2)N=N1. The fourth-order valence-electron chi connectivity index (χ4n) is 3.07. The Balaban J connectivity index is 1.63. The number of carbonyl (C=O) groups excluding carboxylic acids is 1. The highest BCUT2D eigenvalue weighted by Crippen LogP contribution is 2.37. The molecule has 1 amide bonds. The second-order valence-corrected chi connectivity index (χ2v) is 8.69. The molecule has 26 heavy (non-hydrogen) atoms. The molecule has 0 radical (unpaired) electrons. The van der Waals surface area contributed by atoms with Gasteiger partial charge >= 0.3 is 0 Å². The Kier molecular flexibility index (Phi) is 5.01. The van der Waals surface area contributed by atoms with Crippen LogP contribution in [0.1, 0.15) is 37.7 Å². The monoisotopic (exact) mass is 374 g/mol. The molecular formula is C18H22N4O3S. The van der Waals surface area contributed by atoms with E-state index < -0.39 is 15.7 Å². The van der Waals surface area contributed by atoms with Gasteiger partial charge < -0.3 is 5.32 Å². The molecule has 0 spiro atoms. The first-order valence-corrected chi connectivity index (χ1v) is 10.2. The lowest BCUT2D eigenvalue weighted by Crippen LogP contribution is -2.26. The minimum atomic E-state index is -3.26. The third-order valence-electron chi connectivity index (χ3n) is 4.67. The summed E-state index contributed by atoms with van der Waals surface area (Å²) < 4.78 is 25.7. The Morgan fingerprint density at radius 1 is 1.38 bits per heavy atom. The second kappa shape index (κ2) is 7.08. The number of anilines is 2. The van der Waals surface area contributed by atoms with Gasteiger partial charge in [-0.3, -0.25) is 9.10 Å². The van der Waals surface area contributed by atoms with Gasteiger partial charge in [-0.1, -0.05) is 6.07 Å². The van der Waals surface area contributed by atoms with Gasteiger partial charge in [-0.05, 0) is 31.0 Å². The van der Waals surface area contributed by atoms with Crippen LogP contribution in [0, 0.1) is 19.3 Å². The van der Waals surface area contributed by atoms with Crippen molar-refractivity contribution in [3.63, 3.8) is 0 Å². The summed E-state index contributed by atoms with van der Waals surface area (Å²) in [4.78, 5) is 12.2. The van der Waals surface area contributed by atoms with Crippen LogP contribution in [0.2, 0.25) is 0 Å². The molecule has 7 nitrogen and oxygen atoms in total. The summed E-state index contributed by atoms with van der Waals surface area (Å²) >= 11 is 0. The maximum absolute atomic E-state index is 12.2. The van der Waals surface area contributed by atoms with Gasteiger partial charge in [-0.25, -0.2) is 8.42 Å². The summed E-state index contributed by atoms with van der Waals surface area (Å²) in [5.41, 5.74) is 1.58. The molecule has 0 bridgehead atoms. The molecule has 0 atom stereocenters. The highest BCUT2D eigenvalue weighted by Gasteiger charge is 2.39. The lowest BCUT2D eigenvalue weighted by atomic mass is 10.0. The zero-order chi connectivity index (χ0) is 18.8. The number of benzene rings is 1.